The average molecular weight is 181 g/mol. The van der Waals surface area contributed by atoms with Crippen molar-refractivity contribution in [2.24, 2.45) is 17.8 Å². The topological polar surface area (TPSA) is 12.0 Å². The highest BCUT2D eigenvalue weighted by Gasteiger charge is 2.32. The number of hydrogen-bond donors (Lipinski definition) is 1. The summed E-state index contributed by atoms with van der Waals surface area (Å²) in [7, 11) is 0. The Labute approximate surface area is 82.3 Å². The highest BCUT2D eigenvalue weighted by atomic mass is 14.9. The van der Waals surface area contributed by atoms with Crippen molar-refractivity contribution in [2.75, 3.05) is 6.54 Å². The molecule has 13 heavy (non-hydrogen) atoms. The minimum atomic E-state index is 0.881. The number of nitrogens with one attached hydrogen (secondary N) is 1. The standard InChI is InChI=1S/C12H23N/c1-9(2)7-11(10-3-4-10)8-13-12-5-6-12/h9-13H,3-8H2,1-2H3. The maximum atomic E-state index is 3.68. The van der Waals surface area contributed by atoms with Gasteiger partial charge in [0.05, 0.1) is 0 Å². The van der Waals surface area contributed by atoms with Gasteiger partial charge in [-0.05, 0) is 56.4 Å². The first kappa shape index (κ1) is 9.51. The summed E-state index contributed by atoms with van der Waals surface area (Å²) in [6, 6.07) is 0.897. The Morgan fingerprint density at radius 3 is 2.31 bits per heavy atom. The molecule has 2 rings (SSSR count). The minimum absolute atomic E-state index is 0.881. The van der Waals surface area contributed by atoms with E-state index in [0.29, 0.717) is 0 Å². The lowest BCUT2D eigenvalue weighted by atomic mass is 9.93. The monoisotopic (exact) mass is 181 g/mol. The van der Waals surface area contributed by atoms with Crippen LogP contribution >= 0.6 is 0 Å². The first-order valence-electron chi connectivity index (χ1n) is 5.99. The summed E-state index contributed by atoms with van der Waals surface area (Å²) >= 11 is 0. The zero-order valence-electron chi connectivity index (χ0n) is 9.05. The van der Waals surface area contributed by atoms with E-state index in [1.165, 1.54) is 38.6 Å². The van der Waals surface area contributed by atoms with Crippen molar-refractivity contribution in [3.63, 3.8) is 0 Å². The molecule has 0 bridgehead atoms. The van der Waals surface area contributed by atoms with E-state index in [2.05, 4.69) is 19.2 Å². The Balaban J connectivity index is 1.68. The predicted molar refractivity (Wildman–Crippen MR) is 56.7 cm³/mol. The minimum Gasteiger partial charge on any atom is -0.314 e. The van der Waals surface area contributed by atoms with E-state index >= 15 is 0 Å². The second-order valence-corrected chi connectivity index (χ2v) is 5.41. The van der Waals surface area contributed by atoms with Crippen molar-refractivity contribution < 1.29 is 0 Å². The molecule has 0 aromatic rings. The lowest BCUT2D eigenvalue weighted by Gasteiger charge is -2.18. The summed E-state index contributed by atoms with van der Waals surface area (Å²) in [5.41, 5.74) is 0. The van der Waals surface area contributed by atoms with E-state index < -0.39 is 0 Å². The fourth-order valence-electron chi connectivity index (χ4n) is 2.22. The van der Waals surface area contributed by atoms with Crippen LogP contribution in [-0.4, -0.2) is 12.6 Å². The summed E-state index contributed by atoms with van der Waals surface area (Å²) < 4.78 is 0. The molecule has 1 atom stereocenters. The lowest BCUT2D eigenvalue weighted by molar-refractivity contribution is 0.349. The Bertz CT molecular complexity index is 157. The number of hydrogen-bond acceptors (Lipinski definition) is 1. The molecular weight excluding hydrogens is 158 g/mol. The van der Waals surface area contributed by atoms with Gasteiger partial charge in [0, 0.05) is 6.04 Å². The van der Waals surface area contributed by atoms with Crippen molar-refractivity contribution in [1.82, 2.24) is 5.32 Å². The van der Waals surface area contributed by atoms with Crippen LogP contribution in [-0.2, 0) is 0 Å². The van der Waals surface area contributed by atoms with Crippen LogP contribution in [0.2, 0.25) is 0 Å². The third kappa shape index (κ3) is 3.30. The average Bonchev–Trinajstić information content (AvgIpc) is 2.88. The molecule has 2 aliphatic rings. The predicted octanol–water partition coefficient (Wildman–Crippen LogP) is 2.81. The molecule has 0 aromatic heterocycles. The maximum absolute atomic E-state index is 3.68. The van der Waals surface area contributed by atoms with Gasteiger partial charge in [-0.15, -0.1) is 0 Å². The summed E-state index contributed by atoms with van der Waals surface area (Å²) in [6.45, 7) is 6.01. The van der Waals surface area contributed by atoms with Crippen LogP contribution in [0.15, 0.2) is 0 Å². The van der Waals surface area contributed by atoms with Crippen molar-refractivity contribution in [2.45, 2.75) is 52.0 Å². The summed E-state index contributed by atoms with van der Waals surface area (Å²) in [5, 5.41) is 3.68. The van der Waals surface area contributed by atoms with E-state index in [-0.39, 0.29) is 0 Å². The van der Waals surface area contributed by atoms with Crippen LogP contribution in [0, 0.1) is 17.8 Å². The van der Waals surface area contributed by atoms with Gasteiger partial charge in [-0.25, -0.2) is 0 Å². The molecule has 0 spiro atoms. The van der Waals surface area contributed by atoms with Crippen LogP contribution < -0.4 is 5.32 Å². The van der Waals surface area contributed by atoms with Gasteiger partial charge in [0.1, 0.15) is 0 Å². The van der Waals surface area contributed by atoms with Gasteiger partial charge in [0.15, 0.2) is 0 Å². The highest BCUT2D eigenvalue weighted by molar-refractivity contribution is 4.87. The molecule has 76 valence electrons. The lowest BCUT2D eigenvalue weighted by Crippen LogP contribution is -2.26. The Hall–Kier alpha value is -0.0400. The molecule has 1 N–H and O–H groups in total. The largest absolute Gasteiger partial charge is 0.314 e. The smallest absolute Gasteiger partial charge is 0.00683 e. The fourth-order valence-corrected chi connectivity index (χ4v) is 2.22. The normalized spacial score (nSPS) is 25.2. The third-order valence-electron chi connectivity index (χ3n) is 3.31. The van der Waals surface area contributed by atoms with Crippen molar-refractivity contribution >= 4 is 0 Å². The number of rotatable bonds is 6. The van der Waals surface area contributed by atoms with Gasteiger partial charge in [0.2, 0.25) is 0 Å². The van der Waals surface area contributed by atoms with E-state index in [9.17, 15) is 0 Å². The first-order valence-corrected chi connectivity index (χ1v) is 5.99. The molecule has 2 aliphatic carbocycles. The summed E-state index contributed by atoms with van der Waals surface area (Å²) in [4.78, 5) is 0. The molecule has 1 heteroatoms. The molecule has 2 saturated carbocycles. The van der Waals surface area contributed by atoms with Crippen LogP contribution in [0.5, 0.6) is 0 Å². The first-order chi connectivity index (χ1) is 6.25. The van der Waals surface area contributed by atoms with Gasteiger partial charge < -0.3 is 5.32 Å². The van der Waals surface area contributed by atoms with Crippen LogP contribution in [0.25, 0.3) is 0 Å². The molecule has 0 aliphatic heterocycles. The van der Waals surface area contributed by atoms with E-state index in [1.54, 1.807) is 0 Å². The van der Waals surface area contributed by atoms with Gasteiger partial charge in [-0.3, -0.25) is 0 Å². The molecule has 0 radical (unpaired) electrons. The second-order valence-electron chi connectivity index (χ2n) is 5.41. The van der Waals surface area contributed by atoms with Crippen LogP contribution in [0.1, 0.15) is 46.0 Å². The summed E-state index contributed by atoms with van der Waals surface area (Å²) in [5.74, 6) is 2.95. The molecule has 0 aromatic carbocycles. The Kier molecular flexibility index (Phi) is 2.92. The molecule has 1 unspecified atom stereocenters. The Morgan fingerprint density at radius 1 is 1.15 bits per heavy atom. The molecule has 0 saturated heterocycles. The van der Waals surface area contributed by atoms with Crippen LogP contribution in [0.4, 0.5) is 0 Å². The summed E-state index contributed by atoms with van der Waals surface area (Å²) in [6.07, 6.45) is 7.30. The third-order valence-corrected chi connectivity index (χ3v) is 3.31. The second kappa shape index (κ2) is 4.00. The SMILES string of the molecule is CC(C)CC(CNC1CC1)C1CC1. The van der Waals surface area contributed by atoms with E-state index in [1.807, 2.05) is 0 Å². The van der Waals surface area contributed by atoms with E-state index in [4.69, 9.17) is 0 Å². The molecule has 0 amide bonds. The molecule has 2 fully saturated rings. The van der Waals surface area contributed by atoms with Crippen molar-refractivity contribution in [3.05, 3.63) is 0 Å². The zero-order valence-corrected chi connectivity index (χ0v) is 9.05. The van der Waals surface area contributed by atoms with Crippen molar-refractivity contribution in [1.29, 1.82) is 0 Å². The fraction of sp³-hybridized carbons (Fsp3) is 1.00. The van der Waals surface area contributed by atoms with Gasteiger partial charge in [-0.2, -0.15) is 0 Å². The van der Waals surface area contributed by atoms with Gasteiger partial charge in [-0.1, -0.05) is 13.8 Å². The quantitative estimate of drug-likeness (QED) is 0.664. The zero-order chi connectivity index (χ0) is 9.26. The maximum Gasteiger partial charge on any atom is 0.00683 e. The van der Waals surface area contributed by atoms with E-state index in [0.717, 1.165) is 23.8 Å². The highest BCUT2D eigenvalue weighted by Crippen LogP contribution is 2.39. The molecular formula is C12H23N. The molecule has 1 nitrogen and oxygen atoms in total. The molecule has 0 heterocycles. The van der Waals surface area contributed by atoms with Crippen molar-refractivity contribution in [3.8, 4) is 0 Å². The Morgan fingerprint density at radius 2 is 1.85 bits per heavy atom. The van der Waals surface area contributed by atoms with Crippen LogP contribution in [0.3, 0.4) is 0 Å². The van der Waals surface area contributed by atoms with Gasteiger partial charge >= 0.3 is 0 Å². The van der Waals surface area contributed by atoms with Gasteiger partial charge in [0.25, 0.3) is 0 Å².